The average Bonchev–Trinajstić information content (AvgIpc) is 2.30. The van der Waals surface area contributed by atoms with Crippen LogP contribution in [0.15, 0.2) is 18.2 Å². The number of nitrogens with one attached hydrogen (secondary N) is 1. The number of anilines is 1. The Balaban J connectivity index is 2.90. The molecule has 0 aliphatic heterocycles. The van der Waals surface area contributed by atoms with Crippen molar-refractivity contribution in [1.29, 1.82) is 0 Å². The highest BCUT2D eigenvalue weighted by Crippen LogP contribution is 2.25. The van der Waals surface area contributed by atoms with Crippen LogP contribution in [0, 0.1) is 0 Å². The third-order valence-electron chi connectivity index (χ3n) is 2.45. The Bertz CT molecular complexity index is 553. The molecule has 3 N–H and O–H groups in total. The molecule has 1 aromatic carbocycles. The minimum Gasteiger partial charge on any atom is -0.506 e. The van der Waals surface area contributed by atoms with Crippen LogP contribution in [0.5, 0.6) is 5.75 Å². The largest absolute Gasteiger partial charge is 0.506 e. The number of unbranched alkanes of at least 4 members (excludes halogenated alkanes) is 1. The molecule has 0 atom stereocenters. The van der Waals surface area contributed by atoms with E-state index in [2.05, 4.69) is 4.72 Å². The SMILES string of the molecule is CCCCS(=O)(=O)Nc1cc(CC(=O)O)ccc1O. The fourth-order valence-electron chi connectivity index (χ4n) is 1.50. The van der Waals surface area contributed by atoms with Gasteiger partial charge in [-0.25, -0.2) is 8.42 Å². The van der Waals surface area contributed by atoms with E-state index in [-0.39, 0.29) is 23.6 Å². The zero-order chi connectivity index (χ0) is 14.5. The molecule has 1 aromatic rings. The Kier molecular flexibility index (Phi) is 5.17. The number of benzene rings is 1. The van der Waals surface area contributed by atoms with Gasteiger partial charge in [0.25, 0.3) is 0 Å². The molecular weight excluding hydrogens is 270 g/mol. The number of sulfonamides is 1. The molecule has 0 aliphatic carbocycles. The molecule has 0 radical (unpaired) electrons. The number of carbonyl (C=O) groups is 1. The Morgan fingerprint density at radius 1 is 1.37 bits per heavy atom. The summed E-state index contributed by atoms with van der Waals surface area (Å²) in [5.41, 5.74) is 0.424. The quantitative estimate of drug-likeness (QED) is 0.660. The Hall–Kier alpha value is -1.76. The molecule has 0 saturated heterocycles. The molecule has 0 saturated carbocycles. The lowest BCUT2D eigenvalue weighted by Crippen LogP contribution is -2.16. The predicted octanol–water partition coefficient (Wildman–Crippen LogP) is 1.56. The summed E-state index contributed by atoms with van der Waals surface area (Å²) in [6.45, 7) is 1.88. The van der Waals surface area contributed by atoms with Crippen molar-refractivity contribution < 1.29 is 23.4 Å². The van der Waals surface area contributed by atoms with Crippen LogP contribution in [0.1, 0.15) is 25.3 Å². The first-order valence-electron chi connectivity index (χ1n) is 5.88. The first-order valence-corrected chi connectivity index (χ1v) is 7.53. The molecule has 0 heterocycles. The van der Waals surface area contributed by atoms with Crippen LogP contribution >= 0.6 is 0 Å². The van der Waals surface area contributed by atoms with E-state index >= 15 is 0 Å². The average molecular weight is 287 g/mol. The molecule has 0 aromatic heterocycles. The molecule has 0 bridgehead atoms. The van der Waals surface area contributed by atoms with Gasteiger partial charge in [-0.15, -0.1) is 0 Å². The van der Waals surface area contributed by atoms with Crippen molar-refractivity contribution in [2.24, 2.45) is 0 Å². The summed E-state index contributed by atoms with van der Waals surface area (Å²) < 4.78 is 25.7. The summed E-state index contributed by atoms with van der Waals surface area (Å²) >= 11 is 0. The fraction of sp³-hybridized carbons (Fsp3) is 0.417. The van der Waals surface area contributed by atoms with Crippen molar-refractivity contribution in [2.45, 2.75) is 26.2 Å². The van der Waals surface area contributed by atoms with Crippen LogP contribution in [0.25, 0.3) is 0 Å². The second-order valence-corrected chi connectivity index (χ2v) is 6.04. The van der Waals surface area contributed by atoms with Crippen LogP contribution < -0.4 is 4.72 Å². The summed E-state index contributed by atoms with van der Waals surface area (Å²) in [5.74, 6) is -1.29. The van der Waals surface area contributed by atoms with Gasteiger partial charge in [-0.2, -0.15) is 0 Å². The van der Waals surface area contributed by atoms with Crippen molar-refractivity contribution in [3.05, 3.63) is 23.8 Å². The highest BCUT2D eigenvalue weighted by molar-refractivity contribution is 7.92. The van der Waals surface area contributed by atoms with Crippen molar-refractivity contribution in [1.82, 2.24) is 0 Å². The molecule has 6 nitrogen and oxygen atoms in total. The van der Waals surface area contributed by atoms with E-state index in [0.717, 1.165) is 6.42 Å². The van der Waals surface area contributed by atoms with E-state index < -0.39 is 16.0 Å². The van der Waals surface area contributed by atoms with Crippen molar-refractivity contribution in [3.63, 3.8) is 0 Å². The minimum absolute atomic E-state index is 0.00912. The number of aromatic hydroxyl groups is 1. The standard InChI is InChI=1S/C12H17NO5S/c1-2-3-6-19(17,18)13-10-7-9(8-12(15)16)4-5-11(10)14/h4-5,7,13-14H,2-3,6,8H2,1H3,(H,15,16). The van der Waals surface area contributed by atoms with Gasteiger partial charge in [-0.3, -0.25) is 9.52 Å². The lowest BCUT2D eigenvalue weighted by molar-refractivity contribution is -0.136. The van der Waals surface area contributed by atoms with Gasteiger partial charge in [0, 0.05) is 0 Å². The fourth-order valence-corrected chi connectivity index (χ4v) is 2.77. The van der Waals surface area contributed by atoms with Crippen LogP contribution in [-0.2, 0) is 21.2 Å². The van der Waals surface area contributed by atoms with Gasteiger partial charge in [0.1, 0.15) is 5.75 Å². The molecule has 0 unspecified atom stereocenters. The second kappa shape index (κ2) is 6.42. The molecule has 0 amide bonds. The Labute approximate surface area is 112 Å². The third-order valence-corrected chi connectivity index (χ3v) is 3.81. The smallest absolute Gasteiger partial charge is 0.307 e. The van der Waals surface area contributed by atoms with E-state index in [9.17, 15) is 18.3 Å². The summed E-state index contributed by atoms with van der Waals surface area (Å²) in [4.78, 5) is 10.6. The van der Waals surface area contributed by atoms with E-state index in [1.54, 1.807) is 0 Å². The lowest BCUT2D eigenvalue weighted by Gasteiger charge is -2.10. The molecule has 0 spiro atoms. The first kappa shape index (κ1) is 15.3. The normalized spacial score (nSPS) is 11.2. The van der Waals surface area contributed by atoms with Crippen molar-refractivity contribution >= 4 is 21.7 Å². The van der Waals surface area contributed by atoms with Gasteiger partial charge in [-0.1, -0.05) is 19.4 Å². The molecule has 7 heteroatoms. The van der Waals surface area contributed by atoms with Gasteiger partial charge < -0.3 is 10.2 Å². The second-order valence-electron chi connectivity index (χ2n) is 4.20. The Morgan fingerprint density at radius 3 is 2.63 bits per heavy atom. The highest BCUT2D eigenvalue weighted by atomic mass is 32.2. The molecule has 1 rings (SSSR count). The molecule has 106 valence electrons. The molecule has 19 heavy (non-hydrogen) atoms. The number of hydrogen-bond donors (Lipinski definition) is 3. The van der Waals surface area contributed by atoms with Gasteiger partial charge in [0.15, 0.2) is 0 Å². The van der Waals surface area contributed by atoms with Gasteiger partial charge in [-0.05, 0) is 24.1 Å². The molecule has 0 fully saturated rings. The number of carboxylic acids is 1. The highest BCUT2D eigenvalue weighted by Gasteiger charge is 2.13. The minimum atomic E-state index is -3.52. The summed E-state index contributed by atoms with van der Waals surface area (Å²) in [6, 6.07) is 4.04. The van der Waals surface area contributed by atoms with Crippen LogP contribution in [0.3, 0.4) is 0 Å². The summed E-state index contributed by atoms with van der Waals surface area (Å²) in [7, 11) is -3.52. The number of aliphatic carboxylic acids is 1. The maximum Gasteiger partial charge on any atom is 0.307 e. The van der Waals surface area contributed by atoms with Crippen LogP contribution in [0.2, 0.25) is 0 Å². The number of phenols is 1. The number of carboxylic acid groups (broad SMARTS) is 1. The monoisotopic (exact) mass is 287 g/mol. The van der Waals surface area contributed by atoms with Crippen LogP contribution in [-0.4, -0.2) is 30.4 Å². The van der Waals surface area contributed by atoms with Crippen molar-refractivity contribution in [2.75, 3.05) is 10.5 Å². The zero-order valence-corrected chi connectivity index (χ0v) is 11.4. The predicted molar refractivity (Wildman–Crippen MR) is 71.8 cm³/mol. The van der Waals surface area contributed by atoms with Gasteiger partial charge >= 0.3 is 5.97 Å². The van der Waals surface area contributed by atoms with E-state index in [1.165, 1.54) is 18.2 Å². The number of hydrogen-bond acceptors (Lipinski definition) is 4. The van der Waals surface area contributed by atoms with E-state index in [1.807, 2.05) is 6.92 Å². The summed E-state index contributed by atoms with van der Waals surface area (Å²) in [6.07, 6.45) is 1.03. The third kappa shape index (κ3) is 5.17. The first-order chi connectivity index (χ1) is 8.84. The van der Waals surface area contributed by atoms with E-state index in [0.29, 0.717) is 12.0 Å². The maximum atomic E-state index is 11.7. The number of rotatable bonds is 7. The maximum absolute atomic E-state index is 11.7. The summed E-state index contributed by atoms with van der Waals surface area (Å²) in [5, 5.41) is 18.3. The lowest BCUT2D eigenvalue weighted by atomic mass is 10.1. The van der Waals surface area contributed by atoms with Crippen LogP contribution in [0.4, 0.5) is 5.69 Å². The number of phenolic OH excluding ortho intramolecular Hbond substituents is 1. The topological polar surface area (TPSA) is 104 Å². The zero-order valence-electron chi connectivity index (χ0n) is 10.6. The van der Waals surface area contributed by atoms with E-state index in [4.69, 9.17) is 5.11 Å². The Morgan fingerprint density at radius 2 is 2.05 bits per heavy atom. The van der Waals surface area contributed by atoms with Gasteiger partial charge in [0.2, 0.25) is 10.0 Å². The molecule has 0 aliphatic rings. The molecular formula is C12H17NO5S. The van der Waals surface area contributed by atoms with Crippen molar-refractivity contribution in [3.8, 4) is 5.75 Å². The van der Waals surface area contributed by atoms with Gasteiger partial charge in [0.05, 0.1) is 17.9 Å².